The first-order valence-corrected chi connectivity index (χ1v) is 9.35. The molecule has 0 amide bonds. The van der Waals surface area contributed by atoms with E-state index in [4.69, 9.17) is 14.2 Å². The summed E-state index contributed by atoms with van der Waals surface area (Å²) >= 11 is 0. The van der Waals surface area contributed by atoms with Crippen molar-refractivity contribution < 1.29 is 22.6 Å². The van der Waals surface area contributed by atoms with Crippen molar-refractivity contribution in [3.8, 4) is 17.2 Å². The standard InChI is InChI=1S/C18H21NO5S/c1-11-7-16(22-4)12(2)13(3)18(11)25(20,21)19-9-14-5-6-15-17(8-14)24-10-23-15/h5-8,19H,9-10H2,1-4H3. The quantitative estimate of drug-likeness (QED) is 0.884. The molecule has 6 nitrogen and oxygen atoms in total. The monoisotopic (exact) mass is 363 g/mol. The van der Waals surface area contributed by atoms with Crippen LogP contribution in [0.2, 0.25) is 0 Å². The van der Waals surface area contributed by atoms with Crippen molar-refractivity contribution in [2.75, 3.05) is 13.9 Å². The molecule has 1 heterocycles. The largest absolute Gasteiger partial charge is 0.496 e. The number of rotatable bonds is 5. The van der Waals surface area contributed by atoms with E-state index < -0.39 is 10.0 Å². The Labute approximate surface area is 147 Å². The molecule has 0 aromatic heterocycles. The van der Waals surface area contributed by atoms with Crippen molar-refractivity contribution in [1.29, 1.82) is 0 Å². The van der Waals surface area contributed by atoms with Crippen LogP contribution in [0.25, 0.3) is 0 Å². The molecule has 0 saturated heterocycles. The highest BCUT2D eigenvalue weighted by Gasteiger charge is 2.23. The third-order valence-electron chi connectivity index (χ3n) is 4.37. The summed E-state index contributed by atoms with van der Waals surface area (Å²) in [4.78, 5) is 0.298. The lowest BCUT2D eigenvalue weighted by molar-refractivity contribution is 0.174. The van der Waals surface area contributed by atoms with Crippen molar-refractivity contribution in [1.82, 2.24) is 4.72 Å². The van der Waals surface area contributed by atoms with Gasteiger partial charge in [-0.15, -0.1) is 0 Å². The highest BCUT2D eigenvalue weighted by atomic mass is 32.2. The second kappa shape index (κ2) is 6.57. The van der Waals surface area contributed by atoms with Gasteiger partial charge in [-0.3, -0.25) is 0 Å². The number of hydrogen-bond acceptors (Lipinski definition) is 5. The second-order valence-electron chi connectivity index (χ2n) is 5.99. The van der Waals surface area contributed by atoms with Gasteiger partial charge in [0, 0.05) is 6.54 Å². The van der Waals surface area contributed by atoms with Gasteiger partial charge in [0.25, 0.3) is 0 Å². The summed E-state index contributed by atoms with van der Waals surface area (Å²) in [5.41, 5.74) is 2.96. The molecule has 1 N–H and O–H groups in total. The summed E-state index contributed by atoms with van der Waals surface area (Å²) in [7, 11) is -2.08. The van der Waals surface area contributed by atoms with Gasteiger partial charge in [-0.05, 0) is 61.2 Å². The topological polar surface area (TPSA) is 73.9 Å². The fraction of sp³-hybridized carbons (Fsp3) is 0.333. The van der Waals surface area contributed by atoms with Gasteiger partial charge in [0.1, 0.15) is 5.75 Å². The molecule has 3 rings (SSSR count). The Balaban J connectivity index is 1.86. The minimum Gasteiger partial charge on any atom is -0.496 e. The number of fused-ring (bicyclic) bond motifs is 1. The fourth-order valence-electron chi connectivity index (χ4n) is 2.95. The fourth-order valence-corrected chi connectivity index (χ4v) is 4.49. The number of benzene rings is 2. The van der Waals surface area contributed by atoms with Crippen LogP contribution >= 0.6 is 0 Å². The number of nitrogens with one attached hydrogen (secondary N) is 1. The minimum atomic E-state index is -3.66. The Kier molecular flexibility index (Phi) is 4.62. The lowest BCUT2D eigenvalue weighted by atomic mass is 10.1. The normalized spacial score (nSPS) is 13.1. The highest BCUT2D eigenvalue weighted by molar-refractivity contribution is 7.89. The minimum absolute atomic E-state index is 0.170. The molecule has 0 aliphatic carbocycles. The second-order valence-corrected chi connectivity index (χ2v) is 7.69. The lowest BCUT2D eigenvalue weighted by Crippen LogP contribution is -2.25. The zero-order chi connectivity index (χ0) is 18.2. The van der Waals surface area contributed by atoms with E-state index in [0.717, 1.165) is 11.1 Å². The molecule has 2 aromatic rings. The van der Waals surface area contributed by atoms with E-state index >= 15 is 0 Å². The van der Waals surface area contributed by atoms with Gasteiger partial charge in [-0.1, -0.05) is 6.07 Å². The van der Waals surface area contributed by atoms with Gasteiger partial charge < -0.3 is 14.2 Å². The van der Waals surface area contributed by atoms with E-state index in [0.29, 0.717) is 33.3 Å². The van der Waals surface area contributed by atoms with Crippen LogP contribution in [0.3, 0.4) is 0 Å². The van der Waals surface area contributed by atoms with E-state index in [2.05, 4.69) is 4.72 Å². The van der Waals surface area contributed by atoms with Gasteiger partial charge in [0.05, 0.1) is 12.0 Å². The van der Waals surface area contributed by atoms with E-state index in [1.165, 1.54) is 0 Å². The number of sulfonamides is 1. The molecule has 134 valence electrons. The van der Waals surface area contributed by atoms with Crippen molar-refractivity contribution in [2.45, 2.75) is 32.2 Å². The van der Waals surface area contributed by atoms with Crippen LogP contribution in [0.4, 0.5) is 0 Å². The van der Waals surface area contributed by atoms with E-state index in [1.807, 2.05) is 13.0 Å². The van der Waals surface area contributed by atoms with Gasteiger partial charge in [-0.2, -0.15) is 0 Å². The average Bonchev–Trinajstić information content (AvgIpc) is 3.04. The van der Waals surface area contributed by atoms with Gasteiger partial charge in [0.2, 0.25) is 16.8 Å². The highest BCUT2D eigenvalue weighted by Crippen LogP contribution is 2.33. The van der Waals surface area contributed by atoms with Crippen LogP contribution in [0.1, 0.15) is 22.3 Å². The van der Waals surface area contributed by atoms with Crippen molar-refractivity contribution in [3.05, 3.63) is 46.5 Å². The van der Waals surface area contributed by atoms with E-state index in [1.54, 1.807) is 39.2 Å². The van der Waals surface area contributed by atoms with Crippen LogP contribution in [-0.2, 0) is 16.6 Å². The van der Waals surface area contributed by atoms with E-state index in [9.17, 15) is 8.42 Å². The number of hydrogen-bond donors (Lipinski definition) is 1. The lowest BCUT2D eigenvalue weighted by Gasteiger charge is -2.16. The maximum absolute atomic E-state index is 12.8. The molecule has 0 unspecified atom stereocenters. The molecule has 0 saturated carbocycles. The Bertz CT molecular complexity index is 922. The summed E-state index contributed by atoms with van der Waals surface area (Å²) in [6.07, 6.45) is 0. The molecule has 25 heavy (non-hydrogen) atoms. The predicted octanol–water partition coefficient (Wildman–Crippen LogP) is 2.83. The summed E-state index contributed by atoms with van der Waals surface area (Å²) < 4.78 is 44.2. The maximum atomic E-state index is 12.8. The first-order chi connectivity index (χ1) is 11.8. The van der Waals surface area contributed by atoms with Crippen LogP contribution in [0.5, 0.6) is 17.2 Å². The Hall–Kier alpha value is -2.25. The van der Waals surface area contributed by atoms with Gasteiger partial charge in [0.15, 0.2) is 11.5 Å². The molecule has 1 aliphatic rings. The SMILES string of the molecule is COc1cc(C)c(S(=O)(=O)NCc2ccc3c(c2)OCO3)c(C)c1C. The predicted molar refractivity (Wildman–Crippen MR) is 93.8 cm³/mol. The van der Waals surface area contributed by atoms with Crippen molar-refractivity contribution >= 4 is 10.0 Å². The van der Waals surface area contributed by atoms with Crippen LogP contribution < -0.4 is 18.9 Å². The Morgan fingerprint density at radius 2 is 1.80 bits per heavy atom. The molecule has 0 radical (unpaired) electrons. The smallest absolute Gasteiger partial charge is 0.241 e. The average molecular weight is 363 g/mol. The first kappa shape index (κ1) is 17.6. The van der Waals surface area contributed by atoms with Crippen LogP contribution in [0.15, 0.2) is 29.2 Å². The summed E-state index contributed by atoms with van der Waals surface area (Å²) in [5.74, 6) is 1.98. The number of ether oxygens (including phenoxy) is 3. The van der Waals surface area contributed by atoms with Crippen molar-refractivity contribution in [3.63, 3.8) is 0 Å². The molecule has 0 spiro atoms. The molecule has 1 aliphatic heterocycles. The first-order valence-electron chi connectivity index (χ1n) is 7.86. The molecular weight excluding hydrogens is 342 g/mol. The summed E-state index contributed by atoms with van der Waals surface area (Å²) in [6, 6.07) is 7.12. The molecule has 7 heteroatoms. The maximum Gasteiger partial charge on any atom is 0.241 e. The molecule has 0 fully saturated rings. The molecule has 0 bridgehead atoms. The third-order valence-corrected chi connectivity index (χ3v) is 6.06. The zero-order valence-corrected chi connectivity index (χ0v) is 15.5. The van der Waals surface area contributed by atoms with E-state index in [-0.39, 0.29) is 13.3 Å². The van der Waals surface area contributed by atoms with Crippen LogP contribution in [0, 0.1) is 20.8 Å². The van der Waals surface area contributed by atoms with Gasteiger partial charge >= 0.3 is 0 Å². The summed E-state index contributed by atoms with van der Waals surface area (Å²) in [5, 5.41) is 0. The number of aryl methyl sites for hydroxylation is 1. The van der Waals surface area contributed by atoms with Crippen molar-refractivity contribution in [2.24, 2.45) is 0 Å². The Morgan fingerprint density at radius 3 is 2.52 bits per heavy atom. The number of methoxy groups -OCH3 is 1. The van der Waals surface area contributed by atoms with Crippen LogP contribution in [-0.4, -0.2) is 22.3 Å². The summed E-state index contributed by atoms with van der Waals surface area (Å²) in [6.45, 7) is 5.77. The molecule has 2 aromatic carbocycles. The third kappa shape index (κ3) is 3.29. The van der Waals surface area contributed by atoms with Gasteiger partial charge in [-0.25, -0.2) is 13.1 Å². The molecular formula is C18H21NO5S. The zero-order valence-electron chi connectivity index (χ0n) is 14.7. The molecule has 0 atom stereocenters. The Morgan fingerprint density at radius 1 is 1.08 bits per heavy atom.